The summed E-state index contributed by atoms with van der Waals surface area (Å²) in [5.74, 6) is 0. The van der Waals surface area contributed by atoms with E-state index in [9.17, 15) is 0 Å². The van der Waals surface area contributed by atoms with Crippen LogP contribution < -0.4 is 0 Å². The van der Waals surface area contributed by atoms with Crippen LogP contribution in [0.2, 0.25) is 0 Å². The number of hydrogen-bond acceptors (Lipinski definition) is 2. The van der Waals surface area contributed by atoms with Gasteiger partial charge in [0.15, 0.2) is 0 Å². The van der Waals surface area contributed by atoms with Crippen LogP contribution in [-0.4, -0.2) is 36.7 Å². The van der Waals surface area contributed by atoms with Gasteiger partial charge in [-0.1, -0.05) is 18.2 Å². The molecular weight excluding hydrogens is 230 g/mol. The molecule has 2 nitrogen and oxygen atoms in total. The number of allylic oxidation sites excluding steroid dienone is 2. The van der Waals surface area contributed by atoms with E-state index in [1.54, 1.807) is 0 Å². The number of hydrogen-bond donors (Lipinski definition) is 0. The Kier molecular flexibility index (Phi) is 4.16. The predicted molar refractivity (Wildman–Crippen MR) is 59.1 cm³/mol. The Bertz CT molecular complexity index is 213. The van der Waals surface area contributed by atoms with Crippen LogP contribution in [-0.2, 0) is 4.74 Å². The second-order valence-corrected chi connectivity index (χ2v) is 4.77. The predicted octanol–water partition coefficient (Wildman–Crippen LogP) is 2.17. The first kappa shape index (κ1) is 11.0. The minimum atomic E-state index is -0.266. The van der Waals surface area contributed by atoms with Gasteiger partial charge in [-0.15, -0.1) is 0 Å². The smallest absolute Gasteiger partial charge is 0.145 e. The molecule has 0 spiro atoms. The van der Waals surface area contributed by atoms with E-state index < -0.39 is 0 Å². The molecule has 74 valence electrons. The Balaban J connectivity index is 2.27. The quantitative estimate of drug-likeness (QED) is 0.705. The van der Waals surface area contributed by atoms with Gasteiger partial charge in [-0.3, -0.25) is 0 Å². The van der Waals surface area contributed by atoms with E-state index in [2.05, 4.69) is 26.9 Å². The first-order valence-electron chi connectivity index (χ1n) is 4.44. The molecule has 0 amide bonds. The number of rotatable bonds is 4. The van der Waals surface area contributed by atoms with Crippen molar-refractivity contribution >= 4 is 15.9 Å². The highest BCUT2D eigenvalue weighted by Gasteiger charge is 2.23. The number of ether oxygens (including phenoxy) is 1. The first-order valence-corrected chi connectivity index (χ1v) is 5.24. The molecule has 0 fully saturated rings. The van der Waals surface area contributed by atoms with Crippen molar-refractivity contribution in [2.45, 2.75) is 10.9 Å². The van der Waals surface area contributed by atoms with Crippen LogP contribution in [0.25, 0.3) is 0 Å². The van der Waals surface area contributed by atoms with E-state index in [4.69, 9.17) is 4.74 Å². The molecule has 13 heavy (non-hydrogen) atoms. The molecule has 1 atom stereocenters. The van der Waals surface area contributed by atoms with Crippen LogP contribution in [0.15, 0.2) is 24.3 Å². The molecular formula is C10H16BrNO. The summed E-state index contributed by atoms with van der Waals surface area (Å²) in [6, 6.07) is 0. The fourth-order valence-electron chi connectivity index (χ4n) is 1.08. The Labute approximate surface area is 88.4 Å². The second-order valence-electron chi connectivity index (χ2n) is 3.43. The molecule has 0 aliphatic heterocycles. The van der Waals surface area contributed by atoms with E-state index in [0.717, 1.165) is 19.6 Å². The summed E-state index contributed by atoms with van der Waals surface area (Å²) < 4.78 is 5.45. The molecule has 1 unspecified atom stereocenters. The average molecular weight is 246 g/mol. The molecule has 3 heteroatoms. The minimum Gasteiger partial charge on any atom is -0.358 e. The van der Waals surface area contributed by atoms with Gasteiger partial charge in [0.1, 0.15) is 4.51 Å². The zero-order valence-corrected chi connectivity index (χ0v) is 9.75. The molecule has 0 N–H and O–H groups in total. The van der Waals surface area contributed by atoms with Crippen LogP contribution in [0.1, 0.15) is 6.42 Å². The standard InChI is InChI=1S/C10H16BrNO/c1-12(2)8-9-13-10(11)6-4-3-5-7-10/h3-6H,7-9H2,1-2H3. The Morgan fingerprint density at radius 1 is 1.46 bits per heavy atom. The highest BCUT2D eigenvalue weighted by molar-refractivity contribution is 9.10. The second kappa shape index (κ2) is 4.94. The molecule has 0 aromatic heterocycles. The SMILES string of the molecule is CN(C)CCOC1(Br)C=CC=CC1. The first-order chi connectivity index (χ1) is 6.12. The molecule has 0 aromatic carbocycles. The molecule has 1 rings (SSSR count). The zero-order chi connectivity index (χ0) is 9.73. The Morgan fingerprint density at radius 3 is 2.77 bits per heavy atom. The van der Waals surface area contributed by atoms with E-state index in [1.165, 1.54) is 0 Å². The zero-order valence-electron chi connectivity index (χ0n) is 8.16. The van der Waals surface area contributed by atoms with Gasteiger partial charge in [-0.25, -0.2) is 0 Å². The van der Waals surface area contributed by atoms with Gasteiger partial charge in [0.2, 0.25) is 0 Å². The third kappa shape index (κ3) is 4.07. The molecule has 0 saturated heterocycles. The van der Waals surface area contributed by atoms with E-state index in [0.29, 0.717) is 0 Å². The Morgan fingerprint density at radius 2 is 2.23 bits per heavy atom. The van der Waals surface area contributed by atoms with Gasteiger partial charge in [-0.05, 0) is 36.1 Å². The van der Waals surface area contributed by atoms with Gasteiger partial charge < -0.3 is 9.64 Å². The van der Waals surface area contributed by atoms with E-state index in [1.807, 2.05) is 32.3 Å². The number of likely N-dealkylation sites (N-methyl/N-ethyl adjacent to an activating group) is 1. The summed E-state index contributed by atoms with van der Waals surface area (Å²) in [5.41, 5.74) is 0. The third-order valence-electron chi connectivity index (χ3n) is 1.87. The van der Waals surface area contributed by atoms with Crippen molar-refractivity contribution < 1.29 is 4.74 Å². The van der Waals surface area contributed by atoms with Crippen molar-refractivity contribution in [2.24, 2.45) is 0 Å². The lowest BCUT2D eigenvalue weighted by molar-refractivity contribution is 0.0561. The van der Waals surface area contributed by atoms with Crippen LogP contribution in [0.4, 0.5) is 0 Å². The summed E-state index contributed by atoms with van der Waals surface area (Å²) >= 11 is 3.57. The normalized spacial score (nSPS) is 27.1. The lowest BCUT2D eigenvalue weighted by Gasteiger charge is -2.25. The van der Waals surface area contributed by atoms with Gasteiger partial charge in [0.25, 0.3) is 0 Å². The van der Waals surface area contributed by atoms with Crippen LogP contribution in [0.5, 0.6) is 0 Å². The summed E-state index contributed by atoms with van der Waals surface area (Å²) in [6.45, 7) is 1.70. The van der Waals surface area contributed by atoms with Crippen molar-refractivity contribution in [3.63, 3.8) is 0 Å². The topological polar surface area (TPSA) is 12.5 Å². The summed E-state index contributed by atoms with van der Waals surface area (Å²) in [7, 11) is 4.09. The van der Waals surface area contributed by atoms with Crippen molar-refractivity contribution in [3.8, 4) is 0 Å². The summed E-state index contributed by atoms with van der Waals surface area (Å²) in [4.78, 5) is 2.11. The van der Waals surface area contributed by atoms with E-state index >= 15 is 0 Å². The molecule has 1 aliphatic carbocycles. The Hall–Kier alpha value is -0.120. The monoisotopic (exact) mass is 245 g/mol. The maximum absolute atomic E-state index is 5.72. The van der Waals surface area contributed by atoms with Gasteiger partial charge in [-0.2, -0.15) is 0 Å². The average Bonchev–Trinajstić information content (AvgIpc) is 2.04. The number of halogens is 1. The van der Waals surface area contributed by atoms with Crippen molar-refractivity contribution in [1.29, 1.82) is 0 Å². The molecule has 0 aromatic rings. The van der Waals surface area contributed by atoms with Gasteiger partial charge >= 0.3 is 0 Å². The molecule has 1 aliphatic rings. The van der Waals surface area contributed by atoms with Gasteiger partial charge in [0, 0.05) is 13.0 Å². The van der Waals surface area contributed by atoms with Crippen LogP contribution in [0.3, 0.4) is 0 Å². The fourth-order valence-corrected chi connectivity index (χ4v) is 1.58. The van der Waals surface area contributed by atoms with Crippen molar-refractivity contribution in [3.05, 3.63) is 24.3 Å². The highest BCUT2D eigenvalue weighted by atomic mass is 79.9. The summed E-state index contributed by atoms with van der Waals surface area (Å²) in [6.07, 6.45) is 9.09. The number of nitrogens with zero attached hydrogens (tertiary/aromatic N) is 1. The fraction of sp³-hybridized carbons (Fsp3) is 0.600. The molecule has 0 heterocycles. The maximum atomic E-state index is 5.72. The highest BCUT2D eigenvalue weighted by Crippen LogP contribution is 2.28. The molecule has 0 saturated carbocycles. The molecule has 0 bridgehead atoms. The maximum Gasteiger partial charge on any atom is 0.145 e. The minimum absolute atomic E-state index is 0.266. The largest absolute Gasteiger partial charge is 0.358 e. The van der Waals surface area contributed by atoms with Crippen LogP contribution in [0, 0.1) is 0 Å². The third-order valence-corrected chi connectivity index (χ3v) is 2.69. The van der Waals surface area contributed by atoms with E-state index in [-0.39, 0.29) is 4.51 Å². The lowest BCUT2D eigenvalue weighted by atomic mass is 10.1. The number of alkyl halides is 1. The van der Waals surface area contributed by atoms with Crippen LogP contribution >= 0.6 is 15.9 Å². The lowest BCUT2D eigenvalue weighted by Crippen LogP contribution is -2.27. The molecule has 0 radical (unpaired) electrons. The van der Waals surface area contributed by atoms with Gasteiger partial charge in [0.05, 0.1) is 6.61 Å². The van der Waals surface area contributed by atoms with Crippen molar-refractivity contribution in [2.75, 3.05) is 27.2 Å². The van der Waals surface area contributed by atoms with Crippen molar-refractivity contribution in [1.82, 2.24) is 4.90 Å². The summed E-state index contributed by atoms with van der Waals surface area (Å²) in [5, 5.41) is 0.